The van der Waals surface area contributed by atoms with E-state index in [1.807, 2.05) is 0 Å². The molecule has 4 nitrogen and oxygen atoms in total. The molecule has 2 N–H and O–H groups in total. The number of likely N-dealkylation sites (N-methyl/N-ethyl adjacent to an activating group) is 1. The van der Waals surface area contributed by atoms with Crippen LogP contribution in [-0.4, -0.2) is 60.1 Å². The van der Waals surface area contributed by atoms with Gasteiger partial charge < -0.3 is 10.2 Å². The lowest BCUT2D eigenvalue weighted by Crippen LogP contribution is -2.65. The highest BCUT2D eigenvalue weighted by atomic mass is 16.1. The first-order chi connectivity index (χ1) is 7.76. The minimum Gasteiger partial charge on any atom is -0.370 e. The maximum atomic E-state index is 11.2. The third kappa shape index (κ3) is 3.42. The van der Waals surface area contributed by atoms with Gasteiger partial charge in [-0.2, -0.15) is 0 Å². The summed E-state index contributed by atoms with van der Waals surface area (Å²) in [4.78, 5) is 13.6. The molecule has 0 spiro atoms. The van der Waals surface area contributed by atoms with E-state index in [9.17, 15) is 4.79 Å². The van der Waals surface area contributed by atoms with Crippen molar-refractivity contribution in [2.75, 3.05) is 26.7 Å². The summed E-state index contributed by atoms with van der Waals surface area (Å²) in [5.74, 6) is -0.183. The van der Waals surface area contributed by atoms with E-state index >= 15 is 0 Å². The Hall–Kier alpha value is -0.610. The van der Waals surface area contributed by atoms with Crippen LogP contribution in [0.25, 0.3) is 0 Å². The summed E-state index contributed by atoms with van der Waals surface area (Å²) in [7, 11) is 2.29. The highest BCUT2D eigenvalue weighted by Crippen LogP contribution is 2.23. The highest BCUT2D eigenvalue weighted by Gasteiger charge is 2.39. The van der Waals surface area contributed by atoms with Crippen LogP contribution in [0, 0.1) is 0 Å². The smallest absolute Gasteiger partial charge is 0.219 e. The number of quaternary nitrogens is 1. The van der Waals surface area contributed by atoms with Crippen LogP contribution < -0.4 is 5.73 Å². The van der Waals surface area contributed by atoms with Gasteiger partial charge in [-0.1, -0.05) is 0 Å². The summed E-state index contributed by atoms with van der Waals surface area (Å²) in [6.07, 6.45) is 0.485. The second-order valence-electron chi connectivity index (χ2n) is 6.14. The standard InChI is InChI=1S/C13H27N3O/c1-10(2)15-6-7-16(5,11(3)4)9-12(15)8-13(14)17/h10-12H,6-9H2,1-5H3,(H-,14,17)/p+1/t12?,16-/m1/s1. The molecular formula is C13H28N3O+. The zero-order chi connectivity index (χ0) is 13.2. The lowest BCUT2D eigenvalue weighted by atomic mass is 10.0. The normalized spacial score (nSPS) is 31.1. The number of hydrogen-bond donors (Lipinski definition) is 1. The number of primary amides is 1. The molecule has 0 aromatic carbocycles. The Bertz CT molecular complexity index is 278. The molecule has 1 amide bonds. The lowest BCUT2D eigenvalue weighted by Gasteiger charge is -2.50. The van der Waals surface area contributed by atoms with Crippen LogP contribution in [0.1, 0.15) is 34.1 Å². The van der Waals surface area contributed by atoms with Gasteiger partial charge in [0.25, 0.3) is 0 Å². The van der Waals surface area contributed by atoms with Gasteiger partial charge in [-0.25, -0.2) is 0 Å². The summed E-state index contributed by atoms with van der Waals surface area (Å²) < 4.78 is 1.04. The molecule has 0 radical (unpaired) electrons. The highest BCUT2D eigenvalue weighted by molar-refractivity contribution is 5.74. The summed E-state index contributed by atoms with van der Waals surface area (Å²) in [6.45, 7) is 12.1. The molecule has 1 rings (SSSR count). The van der Waals surface area contributed by atoms with Gasteiger partial charge in [0.1, 0.15) is 0 Å². The zero-order valence-corrected chi connectivity index (χ0v) is 11.9. The average Bonchev–Trinajstić information content (AvgIpc) is 2.15. The second-order valence-corrected chi connectivity index (χ2v) is 6.14. The molecule has 17 heavy (non-hydrogen) atoms. The van der Waals surface area contributed by atoms with Crippen LogP contribution in [0.4, 0.5) is 0 Å². The molecule has 1 aliphatic rings. The fraction of sp³-hybridized carbons (Fsp3) is 0.923. The molecule has 0 bridgehead atoms. The van der Waals surface area contributed by atoms with Crippen molar-refractivity contribution in [3.63, 3.8) is 0 Å². The van der Waals surface area contributed by atoms with Crippen molar-refractivity contribution in [2.45, 2.75) is 52.2 Å². The Balaban J connectivity index is 2.79. The van der Waals surface area contributed by atoms with Gasteiger partial charge in [-0.15, -0.1) is 0 Å². The molecule has 0 aliphatic carbocycles. The maximum Gasteiger partial charge on any atom is 0.219 e. The van der Waals surface area contributed by atoms with Crippen molar-refractivity contribution in [2.24, 2.45) is 5.73 Å². The molecule has 0 saturated carbocycles. The van der Waals surface area contributed by atoms with Crippen LogP contribution in [0.3, 0.4) is 0 Å². The predicted molar refractivity (Wildman–Crippen MR) is 70.5 cm³/mol. The lowest BCUT2D eigenvalue weighted by molar-refractivity contribution is -0.936. The molecule has 0 aromatic heterocycles. The molecule has 1 aliphatic heterocycles. The van der Waals surface area contributed by atoms with Gasteiger partial charge >= 0.3 is 0 Å². The van der Waals surface area contributed by atoms with Crippen molar-refractivity contribution in [1.82, 2.24) is 4.90 Å². The van der Waals surface area contributed by atoms with Crippen LogP contribution in [0.15, 0.2) is 0 Å². The van der Waals surface area contributed by atoms with Crippen LogP contribution in [0.5, 0.6) is 0 Å². The number of carbonyl (C=O) groups excluding carboxylic acids is 1. The third-order valence-corrected chi connectivity index (χ3v) is 4.31. The first kappa shape index (κ1) is 14.5. The number of nitrogens with zero attached hydrogens (tertiary/aromatic N) is 2. The predicted octanol–water partition coefficient (Wildman–Crippen LogP) is 0.809. The summed E-state index contributed by atoms with van der Waals surface area (Å²) in [6, 6.07) is 1.38. The minimum atomic E-state index is -0.183. The van der Waals surface area contributed by atoms with E-state index in [1.165, 1.54) is 0 Å². The van der Waals surface area contributed by atoms with E-state index < -0.39 is 0 Å². The van der Waals surface area contributed by atoms with E-state index in [4.69, 9.17) is 5.73 Å². The summed E-state index contributed by atoms with van der Waals surface area (Å²) >= 11 is 0. The van der Waals surface area contributed by atoms with Crippen LogP contribution in [0.2, 0.25) is 0 Å². The van der Waals surface area contributed by atoms with E-state index in [2.05, 4.69) is 39.6 Å². The Morgan fingerprint density at radius 1 is 1.41 bits per heavy atom. The molecule has 100 valence electrons. The molecule has 4 heteroatoms. The topological polar surface area (TPSA) is 46.3 Å². The number of carbonyl (C=O) groups is 1. The molecular weight excluding hydrogens is 214 g/mol. The minimum absolute atomic E-state index is 0.183. The number of hydrogen-bond acceptors (Lipinski definition) is 2. The monoisotopic (exact) mass is 242 g/mol. The first-order valence-corrected chi connectivity index (χ1v) is 6.64. The van der Waals surface area contributed by atoms with E-state index in [1.54, 1.807) is 0 Å². The SMILES string of the molecule is CC(C)N1CC[N@@+](C)(C(C)C)CC1CC(N)=O. The van der Waals surface area contributed by atoms with Crippen molar-refractivity contribution < 1.29 is 9.28 Å². The molecule has 1 unspecified atom stereocenters. The molecule has 0 aromatic rings. The van der Waals surface area contributed by atoms with Gasteiger partial charge in [0.15, 0.2) is 0 Å². The van der Waals surface area contributed by atoms with Gasteiger partial charge in [-0.3, -0.25) is 9.69 Å². The van der Waals surface area contributed by atoms with Gasteiger partial charge in [0.2, 0.25) is 5.91 Å². The Labute approximate surface area is 105 Å². The first-order valence-electron chi connectivity index (χ1n) is 6.64. The van der Waals surface area contributed by atoms with Gasteiger partial charge in [-0.05, 0) is 27.7 Å². The van der Waals surface area contributed by atoms with E-state index in [0.29, 0.717) is 24.5 Å². The van der Waals surface area contributed by atoms with Crippen molar-refractivity contribution in [3.05, 3.63) is 0 Å². The van der Waals surface area contributed by atoms with Crippen LogP contribution >= 0.6 is 0 Å². The van der Waals surface area contributed by atoms with Crippen molar-refractivity contribution in [3.8, 4) is 0 Å². The third-order valence-electron chi connectivity index (χ3n) is 4.31. The van der Waals surface area contributed by atoms with Gasteiger partial charge in [0.05, 0.1) is 32.2 Å². The molecule has 1 heterocycles. The Kier molecular flexibility index (Phi) is 4.55. The fourth-order valence-corrected chi connectivity index (χ4v) is 2.77. The number of amides is 1. The van der Waals surface area contributed by atoms with E-state index in [0.717, 1.165) is 24.1 Å². The van der Waals surface area contributed by atoms with Crippen molar-refractivity contribution >= 4 is 5.91 Å². The van der Waals surface area contributed by atoms with Gasteiger partial charge in [0, 0.05) is 19.0 Å². The quantitative estimate of drug-likeness (QED) is 0.742. The molecule has 2 atom stereocenters. The Morgan fingerprint density at radius 3 is 2.41 bits per heavy atom. The number of nitrogens with two attached hydrogens (primary N) is 1. The maximum absolute atomic E-state index is 11.2. The molecule has 1 fully saturated rings. The fourth-order valence-electron chi connectivity index (χ4n) is 2.77. The number of rotatable bonds is 4. The number of piperazine rings is 1. The largest absolute Gasteiger partial charge is 0.370 e. The Morgan fingerprint density at radius 2 is 2.00 bits per heavy atom. The summed E-state index contributed by atoms with van der Waals surface area (Å²) in [5, 5.41) is 0. The van der Waals surface area contributed by atoms with Crippen molar-refractivity contribution in [1.29, 1.82) is 0 Å². The molecule has 1 saturated heterocycles. The zero-order valence-electron chi connectivity index (χ0n) is 11.9. The second kappa shape index (κ2) is 5.36. The van der Waals surface area contributed by atoms with Crippen LogP contribution in [-0.2, 0) is 4.79 Å². The summed E-state index contributed by atoms with van der Waals surface area (Å²) in [5.41, 5.74) is 5.38. The van der Waals surface area contributed by atoms with E-state index in [-0.39, 0.29) is 5.91 Å². The average molecular weight is 242 g/mol.